The van der Waals surface area contributed by atoms with Crippen molar-refractivity contribution in [3.05, 3.63) is 89.5 Å². The lowest BCUT2D eigenvalue weighted by Crippen LogP contribution is -2.20. The van der Waals surface area contributed by atoms with Gasteiger partial charge in [0.25, 0.3) is 0 Å². The minimum Gasteiger partial charge on any atom is -0.486 e. The fourth-order valence-corrected chi connectivity index (χ4v) is 3.13. The number of anilines is 1. The molecule has 4 rings (SSSR count). The number of rotatable bonds is 6. The van der Waals surface area contributed by atoms with Gasteiger partial charge in [0.05, 0.1) is 11.0 Å². The van der Waals surface area contributed by atoms with Gasteiger partial charge in [0.2, 0.25) is 5.91 Å². The van der Waals surface area contributed by atoms with Crippen molar-refractivity contribution in [3.63, 3.8) is 0 Å². The molecule has 0 saturated heterocycles. The van der Waals surface area contributed by atoms with E-state index >= 15 is 0 Å². The minimum absolute atomic E-state index is 0.0241. The van der Waals surface area contributed by atoms with Crippen LogP contribution in [0.15, 0.2) is 72.8 Å². The maximum atomic E-state index is 13.4. The van der Waals surface area contributed by atoms with Crippen LogP contribution in [0.3, 0.4) is 0 Å². The molecule has 0 aliphatic heterocycles. The number of amides is 1. The standard InChI is InChI=1S/C22H17ClFN3O2/c23-15-8-10-18(11-9-15)29-14-21-26-19-6-1-2-7-20(19)27(21)13-22(28)25-17-5-3-4-16(24)12-17/h1-12H,13-14H2,(H,25,28). The summed E-state index contributed by atoms with van der Waals surface area (Å²) in [5.41, 5.74) is 1.98. The molecule has 0 bridgehead atoms. The number of para-hydroxylation sites is 2. The summed E-state index contributed by atoms with van der Waals surface area (Å²) in [5, 5.41) is 3.33. The molecule has 0 unspecified atom stereocenters. The number of hydrogen-bond donors (Lipinski definition) is 1. The van der Waals surface area contributed by atoms with Gasteiger partial charge in [-0.3, -0.25) is 4.79 Å². The lowest BCUT2D eigenvalue weighted by Gasteiger charge is -2.11. The number of halogens is 2. The van der Waals surface area contributed by atoms with Gasteiger partial charge in [0, 0.05) is 10.7 Å². The SMILES string of the molecule is O=C(Cn1c(COc2ccc(Cl)cc2)nc2ccccc21)Nc1cccc(F)c1. The van der Waals surface area contributed by atoms with Crippen LogP contribution in [0.2, 0.25) is 5.02 Å². The molecule has 1 amide bonds. The number of carbonyl (C=O) groups excluding carboxylic acids is 1. The molecule has 0 fully saturated rings. The van der Waals surface area contributed by atoms with Crippen molar-refractivity contribution < 1.29 is 13.9 Å². The molecule has 0 saturated carbocycles. The predicted octanol–water partition coefficient (Wildman–Crippen LogP) is 5.05. The van der Waals surface area contributed by atoms with Crippen LogP contribution in [0.5, 0.6) is 5.75 Å². The summed E-state index contributed by atoms with van der Waals surface area (Å²) in [6, 6.07) is 20.3. The number of nitrogens with one attached hydrogen (secondary N) is 1. The first-order chi connectivity index (χ1) is 14.1. The Labute approximate surface area is 171 Å². The molecule has 146 valence electrons. The van der Waals surface area contributed by atoms with Gasteiger partial charge in [-0.15, -0.1) is 0 Å². The van der Waals surface area contributed by atoms with Crippen LogP contribution in [0, 0.1) is 5.82 Å². The van der Waals surface area contributed by atoms with Gasteiger partial charge >= 0.3 is 0 Å². The Hall–Kier alpha value is -3.38. The molecule has 29 heavy (non-hydrogen) atoms. The van der Waals surface area contributed by atoms with Crippen LogP contribution in [0.4, 0.5) is 10.1 Å². The second kappa shape index (κ2) is 8.32. The summed E-state index contributed by atoms with van der Waals surface area (Å²) in [4.78, 5) is 17.2. The van der Waals surface area contributed by atoms with E-state index in [1.54, 1.807) is 41.0 Å². The number of nitrogens with zero attached hydrogens (tertiary/aromatic N) is 2. The van der Waals surface area contributed by atoms with E-state index in [4.69, 9.17) is 16.3 Å². The van der Waals surface area contributed by atoms with Gasteiger partial charge in [0.1, 0.15) is 30.5 Å². The van der Waals surface area contributed by atoms with E-state index in [1.807, 2.05) is 24.3 Å². The number of fused-ring (bicyclic) bond motifs is 1. The van der Waals surface area contributed by atoms with Crippen molar-refractivity contribution >= 4 is 34.2 Å². The van der Waals surface area contributed by atoms with Gasteiger partial charge in [-0.25, -0.2) is 9.37 Å². The smallest absolute Gasteiger partial charge is 0.244 e. The molecule has 0 spiro atoms. The highest BCUT2D eigenvalue weighted by Gasteiger charge is 2.14. The molecule has 3 aromatic carbocycles. The summed E-state index contributed by atoms with van der Waals surface area (Å²) in [5.74, 6) is 0.562. The highest BCUT2D eigenvalue weighted by molar-refractivity contribution is 6.30. The molecule has 4 aromatic rings. The zero-order chi connectivity index (χ0) is 20.2. The average molecular weight is 410 g/mol. The molecule has 0 radical (unpaired) electrons. The van der Waals surface area contributed by atoms with Crippen molar-refractivity contribution in [1.82, 2.24) is 9.55 Å². The molecule has 1 N–H and O–H groups in total. The van der Waals surface area contributed by atoms with Crippen molar-refractivity contribution in [1.29, 1.82) is 0 Å². The Morgan fingerprint density at radius 3 is 2.66 bits per heavy atom. The van der Waals surface area contributed by atoms with Gasteiger partial charge in [-0.1, -0.05) is 29.8 Å². The lowest BCUT2D eigenvalue weighted by atomic mass is 10.3. The molecular formula is C22H17ClFN3O2. The van der Waals surface area contributed by atoms with Crippen molar-refractivity contribution in [2.75, 3.05) is 5.32 Å². The summed E-state index contributed by atoms with van der Waals surface area (Å²) in [7, 11) is 0. The second-order valence-corrected chi connectivity index (χ2v) is 6.84. The highest BCUT2D eigenvalue weighted by atomic mass is 35.5. The number of benzene rings is 3. The second-order valence-electron chi connectivity index (χ2n) is 6.40. The first-order valence-corrected chi connectivity index (χ1v) is 9.34. The Morgan fingerprint density at radius 2 is 1.86 bits per heavy atom. The third kappa shape index (κ3) is 4.55. The van der Waals surface area contributed by atoms with Crippen LogP contribution < -0.4 is 10.1 Å². The van der Waals surface area contributed by atoms with Gasteiger partial charge in [-0.2, -0.15) is 0 Å². The Kier molecular flexibility index (Phi) is 5.44. The Bertz CT molecular complexity index is 1160. The summed E-state index contributed by atoms with van der Waals surface area (Å²) in [6.07, 6.45) is 0. The maximum Gasteiger partial charge on any atom is 0.244 e. The van der Waals surface area contributed by atoms with Crippen LogP contribution in [0.1, 0.15) is 5.82 Å². The summed E-state index contributed by atoms with van der Waals surface area (Å²) < 4.78 is 21.0. The predicted molar refractivity (Wildman–Crippen MR) is 111 cm³/mol. The zero-order valence-electron chi connectivity index (χ0n) is 15.3. The first-order valence-electron chi connectivity index (χ1n) is 8.96. The van der Waals surface area contributed by atoms with E-state index in [1.165, 1.54) is 12.1 Å². The molecule has 7 heteroatoms. The van der Waals surface area contributed by atoms with Gasteiger partial charge < -0.3 is 14.6 Å². The van der Waals surface area contributed by atoms with Crippen molar-refractivity contribution in [2.24, 2.45) is 0 Å². The van der Waals surface area contributed by atoms with Crippen LogP contribution in [-0.4, -0.2) is 15.5 Å². The third-order valence-electron chi connectivity index (χ3n) is 4.33. The topological polar surface area (TPSA) is 56.2 Å². The quantitative estimate of drug-likeness (QED) is 0.485. The normalized spacial score (nSPS) is 10.8. The van der Waals surface area contributed by atoms with Crippen molar-refractivity contribution in [2.45, 2.75) is 13.2 Å². The number of carbonyl (C=O) groups is 1. The van der Waals surface area contributed by atoms with Crippen LogP contribution in [-0.2, 0) is 17.9 Å². The Morgan fingerprint density at radius 1 is 1.07 bits per heavy atom. The molecule has 1 aromatic heterocycles. The molecule has 0 aliphatic carbocycles. The number of hydrogen-bond acceptors (Lipinski definition) is 3. The van der Waals surface area contributed by atoms with Gasteiger partial charge in [-0.05, 0) is 54.6 Å². The molecular weight excluding hydrogens is 393 g/mol. The van der Waals surface area contributed by atoms with E-state index < -0.39 is 5.82 Å². The minimum atomic E-state index is -0.409. The number of ether oxygens (including phenoxy) is 1. The third-order valence-corrected chi connectivity index (χ3v) is 4.58. The van der Waals surface area contributed by atoms with E-state index in [9.17, 15) is 9.18 Å². The molecule has 0 aliphatic rings. The zero-order valence-corrected chi connectivity index (χ0v) is 16.1. The fourth-order valence-electron chi connectivity index (χ4n) is 3.00. The lowest BCUT2D eigenvalue weighted by molar-refractivity contribution is -0.116. The molecule has 0 atom stereocenters. The van der Waals surface area contributed by atoms with Crippen LogP contribution in [0.25, 0.3) is 11.0 Å². The van der Waals surface area contributed by atoms with E-state index in [0.717, 1.165) is 11.0 Å². The Balaban J connectivity index is 1.56. The van der Waals surface area contributed by atoms with E-state index in [2.05, 4.69) is 10.3 Å². The fraction of sp³-hybridized carbons (Fsp3) is 0.0909. The first kappa shape index (κ1) is 19.0. The number of imidazole rings is 1. The van der Waals surface area contributed by atoms with E-state index in [-0.39, 0.29) is 19.1 Å². The largest absolute Gasteiger partial charge is 0.486 e. The highest BCUT2D eigenvalue weighted by Crippen LogP contribution is 2.20. The summed E-state index contributed by atoms with van der Waals surface area (Å²) in [6.45, 7) is 0.208. The average Bonchev–Trinajstić information content (AvgIpc) is 3.05. The van der Waals surface area contributed by atoms with E-state index in [0.29, 0.717) is 22.3 Å². The van der Waals surface area contributed by atoms with Gasteiger partial charge in [0.15, 0.2) is 0 Å². The molecule has 5 nitrogen and oxygen atoms in total. The monoisotopic (exact) mass is 409 g/mol. The maximum absolute atomic E-state index is 13.4. The van der Waals surface area contributed by atoms with Crippen molar-refractivity contribution in [3.8, 4) is 5.75 Å². The van der Waals surface area contributed by atoms with Crippen LogP contribution >= 0.6 is 11.6 Å². The number of aromatic nitrogens is 2. The molecule has 1 heterocycles. The summed E-state index contributed by atoms with van der Waals surface area (Å²) >= 11 is 5.90.